The van der Waals surface area contributed by atoms with E-state index in [4.69, 9.17) is 14.2 Å². The average Bonchev–Trinajstić information content (AvgIpc) is 3.31. The Bertz CT molecular complexity index is 1240. The molecule has 0 aromatic heterocycles. The van der Waals surface area contributed by atoms with Crippen LogP contribution >= 0.6 is 0 Å². The second-order valence-corrected chi connectivity index (χ2v) is 18.5. The van der Waals surface area contributed by atoms with E-state index >= 15 is 0 Å². The third-order valence-electron chi connectivity index (χ3n) is 11.9. The van der Waals surface area contributed by atoms with Crippen LogP contribution in [0.25, 0.3) is 0 Å². The predicted molar refractivity (Wildman–Crippen MR) is 284 cm³/mol. The number of carbonyl (C=O) groups excluding carboxylic acids is 3. The van der Waals surface area contributed by atoms with E-state index < -0.39 is 6.10 Å². The largest absolute Gasteiger partial charge is 0.462 e. The molecule has 1 atom stereocenters. The molecule has 0 aromatic carbocycles. The van der Waals surface area contributed by atoms with Gasteiger partial charge in [-0.3, -0.25) is 14.4 Å². The van der Waals surface area contributed by atoms with Crippen molar-refractivity contribution in [2.45, 2.75) is 277 Å². The number of esters is 3. The lowest BCUT2D eigenvalue weighted by Crippen LogP contribution is -2.30. The van der Waals surface area contributed by atoms with E-state index in [2.05, 4.69) is 93.7 Å². The SMILES string of the molecule is CC/C=C\C/C=C\C/C=C\C/C=C\C/C=C\CCCC(=O)OCC(COC(=O)CCCCC/C=C\CCCCCCCCC)OC(=O)CCCCCCCCCCCCCCCCCCC. The number of unbranched alkanes of at least 4 members (excludes halogenated alkanes) is 27. The van der Waals surface area contributed by atoms with Crippen LogP contribution in [0.4, 0.5) is 0 Å². The molecule has 380 valence electrons. The van der Waals surface area contributed by atoms with Gasteiger partial charge >= 0.3 is 17.9 Å². The first-order valence-electron chi connectivity index (χ1n) is 27.9. The lowest BCUT2D eigenvalue weighted by Gasteiger charge is -2.18. The first-order chi connectivity index (χ1) is 32.5. The van der Waals surface area contributed by atoms with E-state index in [0.717, 1.165) is 89.9 Å². The van der Waals surface area contributed by atoms with Gasteiger partial charge in [0.2, 0.25) is 0 Å². The van der Waals surface area contributed by atoms with Crippen LogP contribution in [-0.4, -0.2) is 37.2 Å². The molecule has 0 heterocycles. The lowest BCUT2D eigenvalue weighted by atomic mass is 10.0. The normalized spacial score (nSPS) is 12.6. The van der Waals surface area contributed by atoms with Gasteiger partial charge in [-0.1, -0.05) is 241 Å². The van der Waals surface area contributed by atoms with Crippen molar-refractivity contribution in [1.29, 1.82) is 0 Å². The Morgan fingerprint density at radius 3 is 1.02 bits per heavy atom. The Labute approximate surface area is 408 Å². The number of hydrogen-bond acceptors (Lipinski definition) is 6. The second-order valence-electron chi connectivity index (χ2n) is 18.5. The number of hydrogen-bond donors (Lipinski definition) is 0. The third kappa shape index (κ3) is 51.8. The van der Waals surface area contributed by atoms with Crippen molar-refractivity contribution in [3.63, 3.8) is 0 Å². The molecule has 0 amide bonds. The molecule has 0 saturated heterocycles. The fourth-order valence-electron chi connectivity index (χ4n) is 7.77. The fourth-order valence-corrected chi connectivity index (χ4v) is 7.77. The summed E-state index contributed by atoms with van der Waals surface area (Å²) >= 11 is 0. The minimum Gasteiger partial charge on any atom is -0.462 e. The molecule has 1 unspecified atom stereocenters. The molecule has 0 aromatic rings. The molecule has 0 aliphatic heterocycles. The van der Waals surface area contributed by atoms with Gasteiger partial charge in [-0.2, -0.15) is 0 Å². The average molecular weight is 921 g/mol. The van der Waals surface area contributed by atoms with Gasteiger partial charge in [0, 0.05) is 19.3 Å². The first kappa shape index (κ1) is 62.8. The van der Waals surface area contributed by atoms with Crippen molar-refractivity contribution in [3.8, 4) is 0 Å². The predicted octanol–water partition coefficient (Wildman–Crippen LogP) is 18.6. The highest BCUT2D eigenvalue weighted by atomic mass is 16.6. The van der Waals surface area contributed by atoms with Gasteiger partial charge in [-0.25, -0.2) is 0 Å². The molecule has 6 heteroatoms. The maximum Gasteiger partial charge on any atom is 0.306 e. The van der Waals surface area contributed by atoms with Crippen molar-refractivity contribution in [3.05, 3.63) is 72.9 Å². The molecule has 0 radical (unpaired) electrons. The molecule has 0 aliphatic carbocycles. The summed E-state index contributed by atoms with van der Waals surface area (Å²) in [6.45, 7) is 6.48. The number of allylic oxidation sites excluding steroid dienone is 12. The maximum absolute atomic E-state index is 12.8. The molecule has 0 rings (SSSR count). The molecular formula is C60H104O6. The molecule has 0 bridgehead atoms. The molecule has 0 saturated carbocycles. The summed E-state index contributed by atoms with van der Waals surface area (Å²) in [6, 6.07) is 0. The number of ether oxygens (including phenoxy) is 3. The quantitative estimate of drug-likeness (QED) is 0.0262. The summed E-state index contributed by atoms with van der Waals surface area (Å²) in [6.07, 6.45) is 69.0. The van der Waals surface area contributed by atoms with E-state index in [0.29, 0.717) is 19.3 Å². The van der Waals surface area contributed by atoms with Crippen LogP contribution in [0.15, 0.2) is 72.9 Å². The Hall–Kier alpha value is -3.15. The van der Waals surface area contributed by atoms with E-state index in [1.807, 2.05) is 0 Å². The Balaban J connectivity index is 4.46. The molecule has 6 nitrogen and oxygen atoms in total. The standard InChI is InChI=1S/C60H104O6/c1-4-7-10-13-16-19-22-25-28-30-32-35-38-41-44-47-50-53-59(62)65-56-57(55-64-58(61)52-49-46-43-40-37-34-27-24-21-18-15-12-9-6-3)66-60(63)54-51-48-45-42-39-36-33-31-29-26-23-20-17-14-11-8-5-2/h7,10,16,19,25,28,32,34-35,37,41,44,57H,4-6,8-9,11-15,17-18,20-24,26-27,29-31,33,36,38-40,42-43,45-56H2,1-3H3/b10-7-,19-16-,28-25-,35-32-,37-34-,44-41-. The molecule has 0 spiro atoms. The van der Waals surface area contributed by atoms with Crippen molar-refractivity contribution in [1.82, 2.24) is 0 Å². The summed E-state index contributed by atoms with van der Waals surface area (Å²) < 4.78 is 16.8. The van der Waals surface area contributed by atoms with E-state index in [1.54, 1.807) is 0 Å². The topological polar surface area (TPSA) is 78.9 Å². The van der Waals surface area contributed by atoms with E-state index in [9.17, 15) is 14.4 Å². The minimum absolute atomic E-state index is 0.0989. The highest BCUT2D eigenvalue weighted by Crippen LogP contribution is 2.16. The zero-order chi connectivity index (χ0) is 47.9. The molecule has 0 aliphatic rings. The monoisotopic (exact) mass is 921 g/mol. The van der Waals surface area contributed by atoms with Gasteiger partial charge in [0.05, 0.1) is 0 Å². The molecule has 0 N–H and O–H groups in total. The summed E-state index contributed by atoms with van der Waals surface area (Å²) in [7, 11) is 0. The summed E-state index contributed by atoms with van der Waals surface area (Å²) in [5.41, 5.74) is 0. The number of carbonyl (C=O) groups is 3. The number of rotatable bonds is 50. The summed E-state index contributed by atoms with van der Waals surface area (Å²) in [5, 5.41) is 0. The summed E-state index contributed by atoms with van der Waals surface area (Å²) in [4.78, 5) is 38.1. The van der Waals surface area contributed by atoms with Crippen LogP contribution in [0.2, 0.25) is 0 Å². The van der Waals surface area contributed by atoms with Crippen molar-refractivity contribution < 1.29 is 28.6 Å². The highest BCUT2D eigenvalue weighted by molar-refractivity contribution is 5.71. The highest BCUT2D eigenvalue weighted by Gasteiger charge is 2.19. The van der Waals surface area contributed by atoms with Gasteiger partial charge in [0.15, 0.2) is 6.10 Å². The van der Waals surface area contributed by atoms with Crippen molar-refractivity contribution in [2.75, 3.05) is 13.2 Å². The van der Waals surface area contributed by atoms with Crippen molar-refractivity contribution >= 4 is 17.9 Å². The smallest absolute Gasteiger partial charge is 0.306 e. The van der Waals surface area contributed by atoms with Gasteiger partial charge in [-0.15, -0.1) is 0 Å². The molecule has 0 fully saturated rings. The van der Waals surface area contributed by atoms with Crippen LogP contribution in [0.3, 0.4) is 0 Å². The van der Waals surface area contributed by atoms with Crippen molar-refractivity contribution in [2.24, 2.45) is 0 Å². The van der Waals surface area contributed by atoms with Crippen LogP contribution in [0, 0.1) is 0 Å². The Kier molecular flexibility index (Phi) is 51.9. The van der Waals surface area contributed by atoms with E-state index in [1.165, 1.54) is 135 Å². The van der Waals surface area contributed by atoms with E-state index in [-0.39, 0.29) is 37.5 Å². The van der Waals surface area contributed by atoms with Crippen LogP contribution < -0.4 is 0 Å². The zero-order valence-electron chi connectivity index (χ0n) is 43.4. The maximum atomic E-state index is 12.8. The fraction of sp³-hybridized carbons (Fsp3) is 0.750. The van der Waals surface area contributed by atoms with Gasteiger partial charge < -0.3 is 14.2 Å². The van der Waals surface area contributed by atoms with Crippen LogP contribution in [0.5, 0.6) is 0 Å². The Morgan fingerprint density at radius 1 is 0.318 bits per heavy atom. The van der Waals surface area contributed by atoms with Crippen LogP contribution in [-0.2, 0) is 28.6 Å². The van der Waals surface area contributed by atoms with Gasteiger partial charge in [-0.05, 0) is 83.5 Å². The zero-order valence-corrected chi connectivity index (χ0v) is 43.4. The van der Waals surface area contributed by atoms with Gasteiger partial charge in [0.1, 0.15) is 13.2 Å². The Morgan fingerprint density at radius 2 is 0.606 bits per heavy atom. The lowest BCUT2D eigenvalue weighted by molar-refractivity contribution is -0.167. The first-order valence-corrected chi connectivity index (χ1v) is 27.9. The second kappa shape index (κ2) is 54.5. The molecular weight excluding hydrogens is 817 g/mol. The van der Waals surface area contributed by atoms with Gasteiger partial charge in [0.25, 0.3) is 0 Å². The van der Waals surface area contributed by atoms with Crippen LogP contribution in [0.1, 0.15) is 271 Å². The third-order valence-corrected chi connectivity index (χ3v) is 11.9. The summed E-state index contributed by atoms with van der Waals surface area (Å²) in [5.74, 6) is -0.965. The minimum atomic E-state index is -0.802. The molecule has 66 heavy (non-hydrogen) atoms.